The first-order valence-electron chi connectivity index (χ1n) is 4.33. The monoisotopic (exact) mass is 188 g/mol. The van der Waals surface area contributed by atoms with Gasteiger partial charge in [-0.05, 0) is 12.8 Å². The summed E-state index contributed by atoms with van der Waals surface area (Å²) in [4.78, 5) is 21.6. The fourth-order valence-corrected chi connectivity index (χ4v) is 1.17. The summed E-state index contributed by atoms with van der Waals surface area (Å²) in [6.07, 6.45) is 0.884. The smallest absolute Gasteiger partial charge is 0.308 e. The van der Waals surface area contributed by atoms with Gasteiger partial charge in [0.2, 0.25) is 0 Å². The third-order valence-corrected chi connectivity index (χ3v) is 2.08. The average Bonchev–Trinajstić information content (AvgIpc) is 2.11. The van der Waals surface area contributed by atoms with Gasteiger partial charge in [-0.1, -0.05) is 13.8 Å². The Morgan fingerprint density at radius 1 is 1.46 bits per heavy atom. The van der Waals surface area contributed by atoms with Gasteiger partial charge >= 0.3 is 11.9 Å². The molecule has 1 N–H and O–H groups in total. The van der Waals surface area contributed by atoms with Crippen LogP contribution in [0.25, 0.3) is 0 Å². The molecular formula is C9H16O4. The Kier molecular flexibility index (Phi) is 5.11. The zero-order valence-corrected chi connectivity index (χ0v) is 8.24. The largest absolute Gasteiger partial charge is 0.481 e. The minimum Gasteiger partial charge on any atom is -0.481 e. The summed E-state index contributed by atoms with van der Waals surface area (Å²) in [7, 11) is 1.31. The van der Waals surface area contributed by atoms with Gasteiger partial charge in [-0.25, -0.2) is 0 Å². The molecule has 0 radical (unpaired) electrons. The van der Waals surface area contributed by atoms with Gasteiger partial charge in [-0.15, -0.1) is 0 Å². The summed E-state index contributed by atoms with van der Waals surface area (Å²) in [5, 5.41) is 8.72. The van der Waals surface area contributed by atoms with Crippen LogP contribution in [0.4, 0.5) is 0 Å². The van der Waals surface area contributed by atoms with Crippen LogP contribution in [0, 0.1) is 11.8 Å². The van der Waals surface area contributed by atoms with Crippen LogP contribution in [0.1, 0.15) is 26.7 Å². The van der Waals surface area contributed by atoms with Crippen molar-refractivity contribution in [2.75, 3.05) is 7.11 Å². The van der Waals surface area contributed by atoms with Crippen molar-refractivity contribution >= 4 is 11.9 Å². The first-order chi connectivity index (χ1) is 6.02. The molecule has 13 heavy (non-hydrogen) atoms. The van der Waals surface area contributed by atoms with Gasteiger partial charge in [0.1, 0.15) is 0 Å². The van der Waals surface area contributed by atoms with Crippen molar-refractivity contribution in [1.29, 1.82) is 0 Å². The number of hydrogen-bond acceptors (Lipinski definition) is 3. The molecule has 0 aliphatic rings. The quantitative estimate of drug-likeness (QED) is 0.660. The number of carbonyl (C=O) groups excluding carboxylic acids is 1. The van der Waals surface area contributed by atoms with Gasteiger partial charge in [0.15, 0.2) is 0 Å². The Morgan fingerprint density at radius 2 is 2.00 bits per heavy atom. The fraction of sp³-hybridized carbons (Fsp3) is 0.778. The van der Waals surface area contributed by atoms with Gasteiger partial charge in [0.05, 0.1) is 18.9 Å². The first kappa shape index (κ1) is 11.9. The SMILES string of the molecule is CCC(CC(C)C(=O)OC)C(=O)O. The van der Waals surface area contributed by atoms with Gasteiger partial charge < -0.3 is 9.84 Å². The maximum Gasteiger partial charge on any atom is 0.308 e. The minimum atomic E-state index is -0.849. The van der Waals surface area contributed by atoms with Crippen LogP contribution in [0.3, 0.4) is 0 Å². The van der Waals surface area contributed by atoms with E-state index in [4.69, 9.17) is 5.11 Å². The lowest BCUT2D eigenvalue weighted by atomic mass is 9.94. The molecule has 0 bridgehead atoms. The van der Waals surface area contributed by atoms with Crippen molar-refractivity contribution in [3.63, 3.8) is 0 Å². The maximum atomic E-state index is 11.0. The molecule has 0 saturated carbocycles. The van der Waals surface area contributed by atoms with E-state index >= 15 is 0 Å². The molecular weight excluding hydrogens is 172 g/mol. The second-order valence-corrected chi connectivity index (χ2v) is 3.10. The van der Waals surface area contributed by atoms with Crippen molar-refractivity contribution in [2.45, 2.75) is 26.7 Å². The van der Waals surface area contributed by atoms with Gasteiger partial charge in [0.25, 0.3) is 0 Å². The van der Waals surface area contributed by atoms with Crippen molar-refractivity contribution < 1.29 is 19.4 Å². The summed E-state index contributed by atoms with van der Waals surface area (Å²) in [6, 6.07) is 0. The number of esters is 1. The molecule has 0 saturated heterocycles. The number of ether oxygens (including phenoxy) is 1. The Morgan fingerprint density at radius 3 is 2.31 bits per heavy atom. The molecule has 0 aliphatic heterocycles. The molecule has 0 aliphatic carbocycles. The highest BCUT2D eigenvalue weighted by atomic mass is 16.5. The fourth-order valence-electron chi connectivity index (χ4n) is 1.17. The van der Waals surface area contributed by atoms with E-state index in [0.29, 0.717) is 12.8 Å². The second-order valence-electron chi connectivity index (χ2n) is 3.10. The van der Waals surface area contributed by atoms with Crippen molar-refractivity contribution in [1.82, 2.24) is 0 Å². The molecule has 2 unspecified atom stereocenters. The zero-order chi connectivity index (χ0) is 10.4. The van der Waals surface area contributed by atoms with Crippen LogP contribution in [-0.4, -0.2) is 24.2 Å². The molecule has 0 aromatic heterocycles. The summed E-state index contributed by atoms with van der Waals surface area (Å²) in [5.74, 6) is -1.99. The molecule has 0 heterocycles. The third kappa shape index (κ3) is 3.92. The molecule has 2 atom stereocenters. The number of carboxylic acid groups (broad SMARTS) is 1. The first-order valence-corrected chi connectivity index (χ1v) is 4.33. The van der Waals surface area contributed by atoms with E-state index in [2.05, 4.69) is 4.74 Å². The predicted octanol–water partition coefficient (Wildman–Crippen LogP) is 1.30. The number of rotatable bonds is 5. The van der Waals surface area contributed by atoms with E-state index in [1.165, 1.54) is 7.11 Å². The van der Waals surface area contributed by atoms with E-state index in [9.17, 15) is 9.59 Å². The molecule has 76 valence electrons. The number of carboxylic acids is 1. The molecule has 0 spiro atoms. The molecule has 4 heteroatoms. The van der Waals surface area contributed by atoms with Crippen LogP contribution < -0.4 is 0 Å². The lowest BCUT2D eigenvalue weighted by Gasteiger charge is -2.13. The van der Waals surface area contributed by atoms with Crippen molar-refractivity contribution in [3.8, 4) is 0 Å². The summed E-state index contributed by atoms with van der Waals surface area (Å²) < 4.78 is 4.51. The van der Waals surface area contributed by atoms with Crippen molar-refractivity contribution in [2.24, 2.45) is 11.8 Å². The molecule has 0 rings (SSSR count). The van der Waals surface area contributed by atoms with Gasteiger partial charge in [-0.3, -0.25) is 9.59 Å². The molecule has 0 aromatic carbocycles. The summed E-state index contributed by atoms with van der Waals surface area (Å²) in [6.45, 7) is 3.47. The standard InChI is InChI=1S/C9H16O4/c1-4-7(8(10)11)5-6(2)9(12)13-3/h6-7H,4-5H2,1-3H3,(H,10,11). The van der Waals surface area contributed by atoms with Crippen molar-refractivity contribution in [3.05, 3.63) is 0 Å². The topological polar surface area (TPSA) is 63.6 Å². The van der Waals surface area contributed by atoms with Crippen LogP contribution in [-0.2, 0) is 14.3 Å². The van der Waals surface area contributed by atoms with E-state index in [-0.39, 0.29) is 11.9 Å². The van der Waals surface area contributed by atoms with E-state index < -0.39 is 11.9 Å². The maximum absolute atomic E-state index is 11.0. The molecule has 0 aromatic rings. The van der Waals surface area contributed by atoms with E-state index in [1.54, 1.807) is 13.8 Å². The molecule has 4 nitrogen and oxygen atoms in total. The molecule has 0 fully saturated rings. The van der Waals surface area contributed by atoms with E-state index in [1.807, 2.05) is 0 Å². The normalized spacial score (nSPS) is 14.7. The van der Waals surface area contributed by atoms with Crippen LogP contribution in [0.2, 0.25) is 0 Å². The van der Waals surface area contributed by atoms with Crippen LogP contribution in [0.15, 0.2) is 0 Å². The highest BCUT2D eigenvalue weighted by Gasteiger charge is 2.22. The Labute approximate surface area is 77.9 Å². The predicted molar refractivity (Wildman–Crippen MR) is 47.2 cm³/mol. The molecule has 0 amide bonds. The zero-order valence-electron chi connectivity index (χ0n) is 8.24. The number of carbonyl (C=O) groups is 2. The lowest BCUT2D eigenvalue weighted by Crippen LogP contribution is -2.21. The van der Waals surface area contributed by atoms with Crippen LogP contribution in [0.5, 0.6) is 0 Å². The number of hydrogen-bond donors (Lipinski definition) is 1. The number of methoxy groups -OCH3 is 1. The van der Waals surface area contributed by atoms with Crippen LogP contribution >= 0.6 is 0 Å². The lowest BCUT2D eigenvalue weighted by molar-refractivity contribution is -0.147. The highest BCUT2D eigenvalue weighted by molar-refractivity contribution is 5.74. The van der Waals surface area contributed by atoms with E-state index in [0.717, 1.165) is 0 Å². The van der Waals surface area contributed by atoms with Gasteiger partial charge in [-0.2, -0.15) is 0 Å². The Bertz CT molecular complexity index is 188. The average molecular weight is 188 g/mol. The Balaban J connectivity index is 4.08. The summed E-state index contributed by atoms with van der Waals surface area (Å²) >= 11 is 0. The number of aliphatic carboxylic acids is 1. The Hall–Kier alpha value is -1.06. The van der Waals surface area contributed by atoms with Gasteiger partial charge in [0, 0.05) is 0 Å². The highest BCUT2D eigenvalue weighted by Crippen LogP contribution is 2.16. The summed E-state index contributed by atoms with van der Waals surface area (Å²) in [5.41, 5.74) is 0. The third-order valence-electron chi connectivity index (χ3n) is 2.08. The minimum absolute atomic E-state index is 0.342. The second kappa shape index (κ2) is 5.56.